The minimum Gasteiger partial charge on any atom is -0.480 e. The molecule has 0 bridgehead atoms. The number of benzene rings is 1. The van der Waals surface area contributed by atoms with E-state index in [1.54, 1.807) is 23.8 Å². The molecule has 2 amide bonds. The number of aliphatic hydroxyl groups excluding tert-OH is 1. The number of amides is 2. The van der Waals surface area contributed by atoms with Gasteiger partial charge in [-0.15, -0.1) is 0 Å². The Hall–Kier alpha value is -2.13. The van der Waals surface area contributed by atoms with Gasteiger partial charge in [-0.1, -0.05) is 17.7 Å². The van der Waals surface area contributed by atoms with Crippen molar-refractivity contribution in [3.05, 3.63) is 29.8 Å². The number of aliphatic hydroxyl groups is 1. The Morgan fingerprint density at radius 2 is 1.80 bits per heavy atom. The molecular formula is C11H14N2O6S. The van der Waals surface area contributed by atoms with Gasteiger partial charge in [0.25, 0.3) is 10.0 Å². The Morgan fingerprint density at radius 1 is 1.25 bits per heavy atom. The van der Waals surface area contributed by atoms with Crippen molar-refractivity contribution < 1.29 is 28.2 Å². The Labute approximate surface area is 115 Å². The van der Waals surface area contributed by atoms with Crippen LogP contribution in [0.2, 0.25) is 0 Å². The van der Waals surface area contributed by atoms with Gasteiger partial charge in [0.1, 0.15) is 0 Å². The summed E-state index contributed by atoms with van der Waals surface area (Å²) in [5.74, 6) is -1.48. The zero-order valence-electron chi connectivity index (χ0n) is 10.5. The molecule has 20 heavy (non-hydrogen) atoms. The van der Waals surface area contributed by atoms with Crippen molar-refractivity contribution in [1.29, 1.82) is 0 Å². The molecule has 110 valence electrons. The van der Waals surface area contributed by atoms with E-state index < -0.39 is 34.7 Å². The smallest absolute Gasteiger partial charge is 0.329 e. The third-order valence-electron chi connectivity index (χ3n) is 2.34. The average Bonchev–Trinajstić information content (AvgIpc) is 2.35. The Bertz CT molecular complexity index is 596. The second kappa shape index (κ2) is 6.35. The number of nitrogens with one attached hydrogen (secondary N) is 2. The number of urea groups is 1. The summed E-state index contributed by atoms with van der Waals surface area (Å²) in [5, 5.41) is 19.2. The fourth-order valence-corrected chi connectivity index (χ4v) is 2.19. The van der Waals surface area contributed by atoms with Gasteiger partial charge >= 0.3 is 12.0 Å². The van der Waals surface area contributed by atoms with Crippen LogP contribution in [0.1, 0.15) is 5.56 Å². The lowest BCUT2D eigenvalue weighted by Crippen LogP contribution is -2.49. The van der Waals surface area contributed by atoms with Crippen molar-refractivity contribution in [2.75, 3.05) is 6.61 Å². The maximum absolute atomic E-state index is 11.8. The lowest BCUT2D eigenvalue weighted by molar-refractivity contribution is -0.140. The molecule has 0 heterocycles. The number of aliphatic carboxylic acids is 1. The lowest BCUT2D eigenvalue weighted by Gasteiger charge is -2.13. The standard InChI is InChI=1S/C11H14N2O6S/c1-7-2-4-8(5-3-7)20(18,19)13-11(17)12-9(6-14)10(15)16/h2-5,9,14H,6H2,1H3,(H,15,16)(H2,12,13,17)/t9-/m0/s1. The fraction of sp³-hybridized carbons (Fsp3) is 0.273. The molecule has 9 heteroatoms. The van der Waals surface area contributed by atoms with Crippen LogP contribution in [0.25, 0.3) is 0 Å². The molecule has 0 fully saturated rings. The zero-order chi connectivity index (χ0) is 15.3. The molecule has 1 aromatic rings. The van der Waals surface area contributed by atoms with Gasteiger partial charge < -0.3 is 15.5 Å². The molecule has 1 aromatic carbocycles. The maximum atomic E-state index is 11.8. The molecule has 0 saturated carbocycles. The van der Waals surface area contributed by atoms with Crippen LogP contribution in [0.15, 0.2) is 29.2 Å². The molecule has 0 saturated heterocycles. The van der Waals surface area contributed by atoms with Crippen molar-refractivity contribution in [2.24, 2.45) is 0 Å². The number of hydrogen-bond acceptors (Lipinski definition) is 5. The number of rotatable bonds is 5. The summed E-state index contributed by atoms with van der Waals surface area (Å²) < 4.78 is 25.3. The van der Waals surface area contributed by atoms with Gasteiger partial charge in [-0.3, -0.25) is 0 Å². The van der Waals surface area contributed by atoms with Gasteiger partial charge in [0, 0.05) is 0 Å². The van der Waals surface area contributed by atoms with E-state index in [1.807, 2.05) is 5.32 Å². The molecule has 1 atom stereocenters. The molecule has 0 spiro atoms. The summed E-state index contributed by atoms with van der Waals surface area (Å²) in [6.07, 6.45) is 0. The lowest BCUT2D eigenvalue weighted by atomic mass is 10.2. The monoisotopic (exact) mass is 302 g/mol. The van der Waals surface area contributed by atoms with Gasteiger partial charge in [0.05, 0.1) is 11.5 Å². The van der Waals surface area contributed by atoms with Gasteiger partial charge in [-0.25, -0.2) is 22.7 Å². The van der Waals surface area contributed by atoms with Crippen LogP contribution >= 0.6 is 0 Å². The van der Waals surface area contributed by atoms with Crippen LogP contribution in [-0.4, -0.2) is 43.3 Å². The first-order valence-electron chi connectivity index (χ1n) is 5.50. The van der Waals surface area contributed by atoms with Crippen LogP contribution < -0.4 is 10.0 Å². The van der Waals surface area contributed by atoms with E-state index in [0.717, 1.165) is 5.56 Å². The third kappa shape index (κ3) is 4.21. The highest BCUT2D eigenvalue weighted by Gasteiger charge is 2.22. The summed E-state index contributed by atoms with van der Waals surface area (Å²) in [6, 6.07) is 2.92. The van der Waals surface area contributed by atoms with Crippen molar-refractivity contribution in [1.82, 2.24) is 10.0 Å². The highest BCUT2D eigenvalue weighted by molar-refractivity contribution is 7.90. The number of carbonyl (C=O) groups excluding carboxylic acids is 1. The number of carboxylic acids is 1. The van der Waals surface area contributed by atoms with Crippen LogP contribution in [0, 0.1) is 6.92 Å². The first-order valence-corrected chi connectivity index (χ1v) is 6.98. The number of sulfonamides is 1. The highest BCUT2D eigenvalue weighted by atomic mass is 32.2. The number of aryl methyl sites for hydroxylation is 1. The third-order valence-corrected chi connectivity index (χ3v) is 3.69. The van der Waals surface area contributed by atoms with E-state index in [4.69, 9.17) is 10.2 Å². The van der Waals surface area contributed by atoms with Crippen molar-refractivity contribution in [3.8, 4) is 0 Å². The first-order chi connectivity index (χ1) is 9.26. The summed E-state index contributed by atoms with van der Waals surface area (Å²) in [5.41, 5.74) is 0.847. The van der Waals surface area contributed by atoms with E-state index in [2.05, 4.69) is 0 Å². The predicted molar refractivity (Wildman–Crippen MR) is 68.5 cm³/mol. The maximum Gasteiger partial charge on any atom is 0.329 e. The summed E-state index contributed by atoms with van der Waals surface area (Å²) >= 11 is 0. The Balaban J connectivity index is 2.78. The van der Waals surface area contributed by atoms with Gasteiger partial charge in [0.2, 0.25) is 0 Å². The van der Waals surface area contributed by atoms with Gasteiger partial charge in [0.15, 0.2) is 6.04 Å². The average molecular weight is 302 g/mol. The molecule has 0 aliphatic heterocycles. The van der Waals surface area contributed by atoms with Crippen LogP contribution in [-0.2, 0) is 14.8 Å². The van der Waals surface area contributed by atoms with Crippen molar-refractivity contribution in [2.45, 2.75) is 17.9 Å². The van der Waals surface area contributed by atoms with E-state index in [1.165, 1.54) is 12.1 Å². The first kappa shape index (κ1) is 15.9. The second-order valence-corrected chi connectivity index (χ2v) is 5.65. The molecule has 0 unspecified atom stereocenters. The van der Waals surface area contributed by atoms with Crippen molar-refractivity contribution >= 4 is 22.0 Å². The van der Waals surface area contributed by atoms with Crippen LogP contribution in [0.5, 0.6) is 0 Å². The van der Waals surface area contributed by atoms with E-state index >= 15 is 0 Å². The molecular weight excluding hydrogens is 288 g/mol. The van der Waals surface area contributed by atoms with E-state index in [-0.39, 0.29) is 4.90 Å². The Morgan fingerprint density at radius 3 is 2.25 bits per heavy atom. The molecule has 1 rings (SSSR count). The molecule has 8 nitrogen and oxygen atoms in total. The van der Waals surface area contributed by atoms with E-state index in [0.29, 0.717) is 0 Å². The normalized spacial score (nSPS) is 12.5. The minimum absolute atomic E-state index is 0.130. The largest absolute Gasteiger partial charge is 0.480 e. The summed E-state index contributed by atoms with van der Waals surface area (Å²) in [6.45, 7) is 0.919. The molecule has 0 aliphatic rings. The quantitative estimate of drug-likeness (QED) is 0.575. The number of carboxylic acid groups (broad SMARTS) is 1. The van der Waals surface area contributed by atoms with Crippen LogP contribution in [0.3, 0.4) is 0 Å². The topological polar surface area (TPSA) is 133 Å². The molecule has 0 aliphatic carbocycles. The minimum atomic E-state index is -4.09. The summed E-state index contributed by atoms with van der Waals surface area (Å²) in [4.78, 5) is 21.9. The van der Waals surface area contributed by atoms with E-state index in [9.17, 15) is 18.0 Å². The SMILES string of the molecule is Cc1ccc(S(=O)(=O)NC(=O)N[C@@H](CO)C(=O)O)cc1. The highest BCUT2D eigenvalue weighted by Crippen LogP contribution is 2.09. The van der Waals surface area contributed by atoms with Crippen LogP contribution in [0.4, 0.5) is 4.79 Å². The number of hydrogen-bond donors (Lipinski definition) is 4. The summed E-state index contributed by atoms with van der Waals surface area (Å²) in [7, 11) is -4.09. The molecule has 4 N–H and O–H groups in total. The molecule has 0 aromatic heterocycles. The number of carbonyl (C=O) groups is 2. The zero-order valence-corrected chi connectivity index (χ0v) is 11.3. The van der Waals surface area contributed by atoms with Gasteiger partial charge in [-0.2, -0.15) is 0 Å². The Kier molecular flexibility index (Phi) is 5.06. The predicted octanol–water partition coefficient (Wildman–Crippen LogP) is -0.572. The van der Waals surface area contributed by atoms with Crippen molar-refractivity contribution in [3.63, 3.8) is 0 Å². The molecule has 0 radical (unpaired) electrons. The second-order valence-electron chi connectivity index (χ2n) is 3.97. The van der Waals surface area contributed by atoms with Gasteiger partial charge in [-0.05, 0) is 19.1 Å². The fourth-order valence-electron chi connectivity index (χ4n) is 1.27.